The fraction of sp³-hybridized carbons (Fsp3) is 1.00. The normalized spacial score (nSPS) is 21.8. The van der Waals surface area contributed by atoms with Gasteiger partial charge in [-0.25, -0.2) is 0 Å². The van der Waals surface area contributed by atoms with Gasteiger partial charge in [0.05, 0.1) is 26.1 Å². The monoisotopic (exact) mass is 194 g/mol. The first-order valence-corrected chi connectivity index (χ1v) is 5.73. The topological polar surface area (TPSA) is 52.6 Å². The Kier molecular flexibility index (Phi) is 3.09. The summed E-state index contributed by atoms with van der Waals surface area (Å²) in [5, 5.41) is 0. The van der Waals surface area contributed by atoms with Crippen LogP contribution in [-0.2, 0) is 19.0 Å². The van der Waals surface area contributed by atoms with Gasteiger partial charge in [-0.05, 0) is 5.92 Å². The molecule has 0 saturated carbocycles. The van der Waals surface area contributed by atoms with Crippen LogP contribution >= 0.6 is 0 Å². The first-order chi connectivity index (χ1) is 5.49. The van der Waals surface area contributed by atoms with Crippen LogP contribution in [0, 0.1) is 11.8 Å². The van der Waals surface area contributed by atoms with E-state index in [-0.39, 0.29) is 12.5 Å². The molecular weight excluding hydrogens is 180 g/mol. The van der Waals surface area contributed by atoms with Gasteiger partial charge in [0.2, 0.25) is 0 Å². The van der Waals surface area contributed by atoms with E-state index in [0.29, 0.717) is 5.92 Å². The zero-order chi connectivity index (χ0) is 9.19. The Labute approximate surface area is 73.0 Å². The van der Waals surface area contributed by atoms with Gasteiger partial charge in [0.15, 0.2) is 0 Å². The maximum atomic E-state index is 10.6. The van der Waals surface area contributed by atoms with Crippen molar-refractivity contribution in [2.45, 2.75) is 6.92 Å². The first kappa shape index (κ1) is 9.95. The Morgan fingerprint density at radius 3 is 2.50 bits per heavy atom. The summed E-state index contributed by atoms with van der Waals surface area (Å²) in [7, 11) is -3.28. The molecule has 0 N–H and O–H groups in total. The fourth-order valence-electron chi connectivity index (χ4n) is 0.949. The molecule has 1 aliphatic rings. The van der Waals surface area contributed by atoms with E-state index >= 15 is 0 Å². The molecule has 12 heavy (non-hydrogen) atoms. The molecule has 0 spiro atoms. The Hall–Kier alpha value is -0.130. The lowest BCUT2D eigenvalue weighted by atomic mass is 9.94. The Morgan fingerprint density at radius 1 is 1.58 bits per heavy atom. The summed E-state index contributed by atoms with van der Waals surface area (Å²) in [5.74, 6) is 0.722. The smallest absolute Gasteiger partial charge is 0.264 e. The molecule has 1 rings (SSSR count). The third-order valence-electron chi connectivity index (χ3n) is 2.01. The summed E-state index contributed by atoms with van der Waals surface area (Å²) in [4.78, 5) is 0. The molecule has 1 saturated heterocycles. The molecule has 0 aromatic heterocycles. The Balaban J connectivity index is 2.22. The van der Waals surface area contributed by atoms with Crippen LogP contribution in [-0.4, -0.2) is 34.5 Å². The third kappa shape index (κ3) is 3.08. The molecule has 0 aromatic carbocycles. The van der Waals surface area contributed by atoms with Gasteiger partial charge < -0.3 is 4.74 Å². The van der Waals surface area contributed by atoms with Gasteiger partial charge in [0, 0.05) is 5.92 Å². The lowest BCUT2D eigenvalue weighted by Crippen LogP contribution is -2.35. The number of rotatable bonds is 4. The Morgan fingerprint density at radius 2 is 2.17 bits per heavy atom. The molecule has 1 aliphatic heterocycles. The quantitative estimate of drug-likeness (QED) is 0.602. The average molecular weight is 194 g/mol. The van der Waals surface area contributed by atoms with Crippen molar-refractivity contribution in [3.05, 3.63) is 0 Å². The molecule has 0 radical (unpaired) electrons. The van der Waals surface area contributed by atoms with Gasteiger partial charge in [-0.2, -0.15) is 8.42 Å². The molecule has 1 atom stereocenters. The second kappa shape index (κ2) is 3.72. The largest absolute Gasteiger partial charge is 0.381 e. The molecule has 1 heterocycles. The molecule has 0 aromatic rings. The van der Waals surface area contributed by atoms with Crippen LogP contribution in [0.15, 0.2) is 0 Å². The zero-order valence-electron chi connectivity index (χ0n) is 7.32. The van der Waals surface area contributed by atoms with Crippen LogP contribution in [0.1, 0.15) is 6.92 Å². The fourth-order valence-corrected chi connectivity index (χ4v) is 1.41. The van der Waals surface area contributed by atoms with Crippen LogP contribution in [0.25, 0.3) is 0 Å². The van der Waals surface area contributed by atoms with Crippen molar-refractivity contribution in [1.29, 1.82) is 0 Å². The molecule has 4 nitrogen and oxygen atoms in total. The molecule has 5 heteroatoms. The average Bonchev–Trinajstić information content (AvgIpc) is 1.78. The van der Waals surface area contributed by atoms with Crippen LogP contribution in [0.2, 0.25) is 0 Å². The number of hydrogen-bond acceptors (Lipinski definition) is 4. The summed E-state index contributed by atoms with van der Waals surface area (Å²) >= 11 is 0. The van der Waals surface area contributed by atoms with Gasteiger partial charge in [-0.3, -0.25) is 4.18 Å². The van der Waals surface area contributed by atoms with Crippen LogP contribution in [0.3, 0.4) is 0 Å². The summed E-state index contributed by atoms with van der Waals surface area (Å²) < 4.78 is 30.9. The van der Waals surface area contributed by atoms with E-state index in [1.807, 2.05) is 6.92 Å². The van der Waals surface area contributed by atoms with E-state index in [0.717, 1.165) is 19.5 Å². The highest BCUT2D eigenvalue weighted by atomic mass is 32.2. The van der Waals surface area contributed by atoms with Gasteiger partial charge in [-0.1, -0.05) is 6.92 Å². The van der Waals surface area contributed by atoms with Crippen molar-refractivity contribution in [1.82, 2.24) is 0 Å². The molecule has 1 unspecified atom stereocenters. The van der Waals surface area contributed by atoms with Crippen LogP contribution < -0.4 is 0 Å². The van der Waals surface area contributed by atoms with Crippen LogP contribution in [0.4, 0.5) is 0 Å². The highest BCUT2D eigenvalue weighted by Gasteiger charge is 2.25. The van der Waals surface area contributed by atoms with E-state index in [4.69, 9.17) is 4.74 Å². The lowest BCUT2D eigenvalue weighted by molar-refractivity contribution is -0.0640. The minimum atomic E-state index is -3.28. The zero-order valence-corrected chi connectivity index (χ0v) is 8.13. The van der Waals surface area contributed by atoms with E-state index < -0.39 is 10.1 Å². The van der Waals surface area contributed by atoms with E-state index in [1.54, 1.807) is 0 Å². The van der Waals surface area contributed by atoms with Crippen molar-refractivity contribution in [3.63, 3.8) is 0 Å². The predicted molar refractivity (Wildman–Crippen MR) is 44.3 cm³/mol. The molecular formula is C7H14O4S. The van der Waals surface area contributed by atoms with Crippen molar-refractivity contribution in [2.24, 2.45) is 11.8 Å². The van der Waals surface area contributed by atoms with Gasteiger partial charge in [0.1, 0.15) is 0 Å². The van der Waals surface area contributed by atoms with E-state index in [9.17, 15) is 8.42 Å². The maximum Gasteiger partial charge on any atom is 0.264 e. The highest BCUT2D eigenvalue weighted by Crippen LogP contribution is 2.20. The first-order valence-electron chi connectivity index (χ1n) is 3.91. The number of hydrogen-bond donors (Lipinski definition) is 0. The van der Waals surface area contributed by atoms with Crippen molar-refractivity contribution in [2.75, 3.05) is 26.1 Å². The second-order valence-corrected chi connectivity index (χ2v) is 4.91. The highest BCUT2D eigenvalue weighted by molar-refractivity contribution is 7.85. The summed E-state index contributed by atoms with van der Waals surface area (Å²) in [6.45, 7) is 3.70. The van der Waals surface area contributed by atoms with E-state index in [2.05, 4.69) is 4.18 Å². The van der Waals surface area contributed by atoms with Crippen molar-refractivity contribution in [3.8, 4) is 0 Å². The lowest BCUT2D eigenvalue weighted by Gasteiger charge is -2.30. The van der Waals surface area contributed by atoms with Gasteiger partial charge in [-0.15, -0.1) is 0 Å². The molecule has 0 aliphatic carbocycles. The summed E-state index contributed by atoms with van der Waals surface area (Å²) in [6.07, 6.45) is 1.07. The van der Waals surface area contributed by atoms with E-state index in [1.165, 1.54) is 0 Å². The maximum absolute atomic E-state index is 10.6. The van der Waals surface area contributed by atoms with Crippen LogP contribution in [0.5, 0.6) is 0 Å². The summed E-state index contributed by atoms with van der Waals surface area (Å²) in [6, 6.07) is 0. The minimum Gasteiger partial charge on any atom is -0.381 e. The van der Waals surface area contributed by atoms with Gasteiger partial charge in [0.25, 0.3) is 10.1 Å². The number of ether oxygens (including phenoxy) is 1. The molecule has 72 valence electrons. The standard InChI is InChI=1S/C7H14O4S/c1-6(7-4-10-5-7)3-11-12(2,8)9/h6-7H,3-5H2,1-2H3. The van der Waals surface area contributed by atoms with Crippen molar-refractivity contribution < 1.29 is 17.3 Å². The Bertz CT molecular complexity index is 230. The minimum absolute atomic E-state index is 0.258. The molecule has 0 amide bonds. The molecule has 0 bridgehead atoms. The van der Waals surface area contributed by atoms with Gasteiger partial charge >= 0.3 is 0 Å². The SMILES string of the molecule is CC(COS(C)(=O)=O)C1COC1. The molecule has 1 fully saturated rings. The summed E-state index contributed by atoms with van der Waals surface area (Å²) in [5.41, 5.74) is 0. The predicted octanol–water partition coefficient (Wildman–Crippen LogP) is 0.245. The second-order valence-electron chi connectivity index (χ2n) is 3.26. The van der Waals surface area contributed by atoms with Crippen molar-refractivity contribution >= 4 is 10.1 Å². The third-order valence-corrected chi connectivity index (χ3v) is 2.58.